The van der Waals surface area contributed by atoms with Crippen LogP contribution in [0.3, 0.4) is 0 Å². The first-order valence-corrected chi connectivity index (χ1v) is 7.15. The minimum absolute atomic E-state index is 0.203. The smallest absolute Gasteiger partial charge is 0.186 e. The standard InChI is InChI=1S/C17H22O/c1-3-5-7-13-9-10-14(8-6-4-2)17-15(13)11-12-16(17)18/h9-12H,3-8H2,1-2H3. The number of ketones is 1. The Labute approximate surface area is 110 Å². The molecule has 0 amide bonds. The summed E-state index contributed by atoms with van der Waals surface area (Å²) in [6.45, 7) is 4.40. The Kier molecular flexibility index (Phi) is 4.35. The second-order valence-corrected chi connectivity index (χ2v) is 5.08. The van der Waals surface area contributed by atoms with E-state index in [0.29, 0.717) is 0 Å². The third-order valence-electron chi connectivity index (χ3n) is 3.67. The second kappa shape index (κ2) is 5.99. The molecule has 1 nitrogen and oxygen atoms in total. The topological polar surface area (TPSA) is 17.1 Å². The Morgan fingerprint density at radius 1 is 0.889 bits per heavy atom. The van der Waals surface area contributed by atoms with E-state index < -0.39 is 0 Å². The average Bonchev–Trinajstić information content (AvgIpc) is 2.77. The first kappa shape index (κ1) is 13.1. The Bertz CT molecular complexity index is 469. The van der Waals surface area contributed by atoms with E-state index in [1.807, 2.05) is 6.08 Å². The number of fused-ring (bicyclic) bond motifs is 1. The molecule has 0 aromatic heterocycles. The molecule has 0 atom stereocenters. The van der Waals surface area contributed by atoms with Gasteiger partial charge in [0, 0.05) is 5.56 Å². The summed E-state index contributed by atoms with van der Waals surface area (Å²) in [5.41, 5.74) is 4.76. The predicted molar refractivity (Wildman–Crippen MR) is 77.0 cm³/mol. The number of hydrogen-bond acceptors (Lipinski definition) is 1. The molecular formula is C17H22O. The lowest BCUT2D eigenvalue weighted by atomic mass is 9.92. The van der Waals surface area contributed by atoms with Crippen LogP contribution in [0.2, 0.25) is 0 Å². The van der Waals surface area contributed by atoms with Gasteiger partial charge in [0.25, 0.3) is 0 Å². The predicted octanol–water partition coefficient (Wildman–Crippen LogP) is 4.58. The molecule has 0 fully saturated rings. The van der Waals surface area contributed by atoms with E-state index in [1.54, 1.807) is 6.08 Å². The largest absolute Gasteiger partial charge is 0.289 e. The van der Waals surface area contributed by atoms with Crippen LogP contribution in [0.1, 0.15) is 66.6 Å². The van der Waals surface area contributed by atoms with Crippen molar-refractivity contribution in [3.8, 4) is 0 Å². The molecule has 0 bridgehead atoms. The van der Waals surface area contributed by atoms with Crippen molar-refractivity contribution in [2.45, 2.75) is 52.4 Å². The number of carbonyl (C=O) groups excluding carboxylic acids is 1. The molecule has 18 heavy (non-hydrogen) atoms. The number of unbranched alkanes of at least 4 members (excludes halogenated alkanes) is 2. The highest BCUT2D eigenvalue weighted by Gasteiger charge is 2.20. The monoisotopic (exact) mass is 242 g/mol. The van der Waals surface area contributed by atoms with Gasteiger partial charge in [-0.05, 0) is 48.4 Å². The molecule has 1 aliphatic carbocycles. The number of benzene rings is 1. The number of rotatable bonds is 6. The fourth-order valence-corrected chi connectivity index (χ4v) is 2.59. The summed E-state index contributed by atoms with van der Waals surface area (Å²) in [7, 11) is 0. The maximum absolute atomic E-state index is 12.0. The molecule has 2 rings (SSSR count). The van der Waals surface area contributed by atoms with Gasteiger partial charge in [0.05, 0.1) is 0 Å². The van der Waals surface area contributed by atoms with Gasteiger partial charge in [-0.25, -0.2) is 0 Å². The molecule has 0 radical (unpaired) electrons. The maximum atomic E-state index is 12.0. The van der Waals surface area contributed by atoms with Crippen LogP contribution < -0.4 is 0 Å². The van der Waals surface area contributed by atoms with E-state index in [9.17, 15) is 4.79 Å². The van der Waals surface area contributed by atoms with Gasteiger partial charge in [0.1, 0.15) is 0 Å². The first-order chi connectivity index (χ1) is 8.77. The van der Waals surface area contributed by atoms with E-state index in [0.717, 1.165) is 24.8 Å². The van der Waals surface area contributed by atoms with E-state index in [-0.39, 0.29) is 5.78 Å². The van der Waals surface area contributed by atoms with Crippen molar-refractivity contribution in [1.82, 2.24) is 0 Å². The molecule has 0 saturated carbocycles. The summed E-state index contributed by atoms with van der Waals surface area (Å²) < 4.78 is 0. The number of hydrogen-bond donors (Lipinski definition) is 0. The maximum Gasteiger partial charge on any atom is 0.186 e. The normalized spacial score (nSPS) is 13.1. The lowest BCUT2D eigenvalue weighted by Gasteiger charge is -2.11. The van der Waals surface area contributed by atoms with Gasteiger partial charge in [-0.3, -0.25) is 4.79 Å². The van der Waals surface area contributed by atoms with Gasteiger partial charge < -0.3 is 0 Å². The van der Waals surface area contributed by atoms with Crippen molar-refractivity contribution in [1.29, 1.82) is 0 Å². The van der Waals surface area contributed by atoms with Crippen LogP contribution in [0.4, 0.5) is 0 Å². The summed E-state index contributed by atoms with van der Waals surface area (Å²) in [5, 5.41) is 0. The second-order valence-electron chi connectivity index (χ2n) is 5.08. The van der Waals surface area contributed by atoms with Crippen molar-refractivity contribution in [3.63, 3.8) is 0 Å². The van der Waals surface area contributed by atoms with Crippen molar-refractivity contribution in [3.05, 3.63) is 40.5 Å². The van der Waals surface area contributed by atoms with Gasteiger partial charge >= 0.3 is 0 Å². The van der Waals surface area contributed by atoms with E-state index >= 15 is 0 Å². The zero-order valence-electron chi connectivity index (χ0n) is 11.5. The minimum Gasteiger partial charge on any atom is -0.289 e. The highest BCUT2D eigenvalue weighted by atomic mass is 16.1. The van der Waals surface area contributed by atoms with E-state index in [2.05, 4.69) is 26.0 Å². The van der Waals surface area contributed by atoms with E-state index in [1.165, 1.54) is 36.0 Å². The molecule has 0 unspecified atom stereocenters. The SMILES string of the molecule is CCCCc1ccc(CCCC)c2c1C=CC2=O. The van der Waals surface area contributed by atoms with Crippen LogP contribution in [0.25, 0.3) is 6.08 Å². The van der Waals surface area contributed by atoms with Crippen LogP contribution in [-0.2, 0) is 12.8 Å². The summed E-state index contributed by atoms with van der Waals surface area (Å²) in [5.74, 6) is 0.203. The van der Waals surface area contributed by atoms with E-state index in [4.69, 9.17) is 0 Å². The molecule has 96 valence electrons. The molecular weight excluding hydrogens is 220 g/mol. The van der Waals surface area contributed by atoms with Gasteiger partial charge in [0.2, 0.25) is 0 Å². The summed E-state index contributed by atoms with van der Waals surface area (Å²) in [4.78, 5) is 12.0. The van der Waals surface area contributed by atoms with Crippen LogP contribution in [-0.4, -0.2) is 5.78 Å². The molecule has 0 saturated heterocycles. The Hall–Kier alpha value is -1.37. The molecule has 0 spiro atoms. The molecule has 0 N–H and O–H groups in total. The molecule has 1 aromatic carbocycles. The Balaban J connectivity index is 2.32. The molecule has 1 aromatic rings. The number of allylic oxidation sites excluding steroid dienone is 1. The molecule has 0 heterocycles. The fraction of sp³-hybridized carbons (Fsp3) is 0.471. The van der Waals surface area contributed by atoms with Crippen molar-refractivity contribution in [2.24, 2.45) is 0 Å². The van der Waals surface area contributed by atoms with Crippen LogP contribution >= 0.6 is 0 Å². The van der Waals surface area contributed by atoms with Crippen LogP contribution in [0.15, 0.2) is 18.2 Å². The van der Waals surface area contributed by atoms with Crippen molar-refractivity contribution >= 4 is 11.9 Å². The van der Waals surface area contributed by atoms with Crippen LogP contribution in [0, 0.1) is 0 Å². The van der Waals surface area contributed by atoms with Crippen molar-refractivity contribution in [2.75, 3.05) is 0 Å². The summed E-state index contributed by atoms with van der Waals surface area (Å²) in [6.07, 6.45) is 10.6. The molecule has 1 heteroatoms. The highest BCUT2D eigenvalue weighted by Crippen LogP contribution is 2.29. The zero-order valence-corrected chi connectivity index (χ0v) is 11.5. The van der Waals surface area contributed by atoms with Gasteiger partial charge in [-0.15, -0.1) is 0 Å². The zero-order chi connectivity index (χ0) is 13.0. The third-order valence-corrected chi connectivity index (χ3v) is 3.67. The highest BCUT2D eigenvalue weighted by molar-refractivity contribution is 6.15. The molecule has 0 aliphatic heterocycles. The van der Waals surface area contributed by atoms with Crippen LogP contribution in [0.5, 0.6) is 0 Å². The number of aryl methyl sites for hydroxylation is 2. The van der Waals surface area contributed by atoms with Gasteiger partial charge in [-0.1, -0.05) is 44.9 Å². The third kappa shape index (κ3) is 2.55. The first-order valence-electron chi connectivity index (χ1n) is 7.15. The number of carbonyl (C=O) groups is 1. The average molecular weight is 242 g/mol. The summed E-state index contributed by atoms with van der Waals surface area (Å²) in [6, 6.07) is 4.40. The Morgan fingerprint density at radius 3 is 2.17 bits per heavy atom. The fourth-order valence-electron chi connectivity index (χ4n) is 2.59. The lowest BCUT2D eigenvalue weighted by molar-refractivity contribution is 0.104. The minimum atomic E-state index is 0.203. The van der Waals surface area contributed by atoms with Crippen molar-refractivity contribution < 1.29 is 4.79 Å². The lowest BCUT2D eigenvalue weighted by Crippen LogP contribution is -2.03. The van der Waals surface area contributed by atoms with Gasteiger partial charge in [0.15, 0.2) is 5.78 Å². The Morgan fingerprint density at radius 2 is 1.50 bits per heavy atom. The summed E-state index contributed by atoms with van der Waals surface area (Å²) >= 11 is 0. The van der Waals surface area contributed by atoms with Gasteiger partial charge in [-0.2, -0.15) is 0 Å². The molecule has 1 aliphatic rings. The quantitative estimate of drug-likeness (QED) is 0.713.